The van der Waals surface area contributed by atoms with Crippen molar-refractivity contribution in [3.05, 3.63) is 46.5 Å². The Morgan fingerprint density at radius 3 is 2.88 bits per heavy atom. The van der Waals surface area contributed by atoms with Crippen molar-refractivity contribution in [3.63, 3.8) is 0 Å². The molecule has 1 aliphatic heterocycles. The average molecular weight is 350 g/mol. The Kier molecular flexibility index (Phi) is 4.75. The normalized spacial score (nSPS) is 15.4. The number of rotatable bonds is 5. The standard InChI is InChI=1S/C18H23BN6O/c19-14-4-2-1-3-13(14)11-25-16-15(23-18(25)26)10-22-17(24-16)21-9-12-5-7-20-8-6-12/h1-4,10,12,20H,5-9,11,19H2,(H,23,26)(H,21,22,24). The van der Waals surface area contributed by atoms with Gasteiger partial charge in [-0.1, -0.05) is 29.7 Å². The molecule has 0 aliphatic carbocycles. The third-order valence-electron chi connectivity index (χ3n) is 5.11. The van der Waals surface area contributed by atoms with Crippen LogP contribution in [0.15, 0.2) is 35.3 Å². The maximum Gasteiger partial charge on any atom is 0.328 e. The number of aromatic amines is 1. The number of H-pyrrole nitrogens is 1. The molecule has 4 rings (SSSR count). The highest BCUT2D eigenvalue weighted by Crippen LogP contribution is 2.14. The Bertz CT molecular complexity index is 960. The number of nitrogens with one attached hydrogen (secondary N) is 3. The van der Waals surface area contributed by atoms with E-state index >= 15 is 0 Å². The molecular formula is C18H23BN6O. The van der Waals surface area contributed by atoms with E-state index in [1.54, 1.807) is 10.8 Å². The molecule has 0 unspecified atom stereocenters. The van der Waals surface area contributed by atoms with E-state index in [9.17, 15) is 4.79 Å². The lowest BCUT2D eigenvalue weighted by Crippen LogP contribution is -2.31. The molecule has 0 amide bonds. The smallest absolute Gasteiger partial charge is 0.328 e. The van der Waals surface area contributed by atoms with Crippen LogP contribution < -0.4 is 21.8 Å². The molecule has 1 aromatic carbocycles. The fraction of sp³-hybridized carbons (Fsp3) is 0.389. The van der Waals surface area contributed by atoms with Crippen LogP contribution >= 0.6 is 0 Å². The lowest BCUT2D eigenvalue weighted by molar-refractivity contribution is 0.389. The number of anilines is 1. The summed E-state index contributed by atoms with van der Waals surface area (Å²) in [5.41, 5.74) is 3.41. The van der Waals surface area contributed by atoms with Gasteiger partial charge in [0, 0.05) is 6.54 Å². The molecule has 2 aromatic heterocycles. The number of hydrogen-bond acceptors (Lipinski definition) is 5. The highest BCUT2D eigenvalue weighted by atomic mass is 16.1. The van der Waals surface area contributed by atoms with E-state index in [0.29, 0.717) is 29.6 Å². The molecule has 1 fully saturated rings. The van der Waals surface area contributed by atoms with E-state index in [1.807, 2.05) is 18.2 Å². The van der Waals surface area contributed by atoms with E-state index in [4.69, 9.17) is 0 Å². The lowest BCUT2D eigenvalue weighted by atomic mass is 9.91. The third kappa shape index (κ3) is 3.50. The summed E-state index contributed by atoms with van der Waals surface area (Å²) >= 11 is 0. The molecule has 0 saturated carbocycles. The van der Waals surface area contributed by atoms with Crippen molar-refractivity contribution in [1.82, 2.24) is 24.8 Å². The van der Waals surface area contributed by atoms with Gasteiger partial charge < -0.3 is 15.6 Å². The number of nitrogens with zero attached hydrogens (tertiary/aromatic N) is 3. The Morgan fingerprint density at radius 2 is 2.08 bits per heavy atom. The molecule has 0 spiro atoms. The monoisotopic (exact) mass is 350 g/mol. The minimum atomic E-state index is -0.159. The van der Waals surface area contributed by atoms with Gasteiger partial charge in [-0.2, -0.15) is 4.98 Å². The first-order valence-corrected chi connectivity index (χ1v) is 9.15. The van der Waals surface area contributed by atoms with E-state index in [0.717, 1.165) is 43.5 Å². The first kappa shape index (κ1) is 16.8. The zero-order chi connectivity index (χ0) is 17.9. The maximum atomic E-state index is 12.4. The van der Waals surface area contributed by atoms with E-state index in [2.05, 4.69) is 39.5 Å². The van der Waals surface area contributed by atoms with Gasteiger partial charge in [0.25, 0.3) is 0 Å². The molecule has 0 bridgehead atoms. The van der Waals surface area contributed by atoms with Crippen LogP contribution in [-0.4, -0.2) is 47.0 Å². The second kappa shape index (κ2) is 7.33. The molecule has 134 valence electrons. The van der Waals surface area contributed by atoms with Crippen LogP contribution in [0, 0.1) is 5.92 Å². The Morgan fingerprint density at radius 1 is 1.27 bits per heavy atom. The second-order valence-corrected chi connectivity index (χ2v) is 6.95. The first-order chi connectivity index (χ1) is 12.7. The van der Waals surface area contributed by atoms with E-state index in [1.165, 1.54) is 0 Å². The van der Waals surface area contributed by atoms with Crippen molar-refractivity contribution in [2.24, 2.45) is 5.92 Å². The van der Waals surface area contributed by atoms with E-state index < -0.39 is 0 Å². The van der Waals surface area contributed by atoms with Crippen LogP contribution in [0.2, 0.25) is 0 Å². The van der Waals surface area contributed by atoms with Gasteiger partial charge in [0.15, 0.2) is 5.65 Å². The van der Waals surface area contributed by atoms with Crippen molar-refractivity contribution in [2.75, 3.05) is 25.0 Å². The summed E-state index contributed by atoms with van der Waals surface area (Å²) in [5.74, 6) is 1.21. The van der Waals surface area contributed by atoms with E-state index in [-0.39, 0.29) is 5.69 Å². The van der Waals surface area contributed by atoms with Crippen LogP contribution in [0.3, 0.4) is 0 Å². The van der Waals surface area contributed by atoms with Gasteiger partial charge in [0.2, 0.25) is 5.95 Å². The fourth-order valence-electron chi connectivity index (χ4n) is 3.46. The summed E-state index contributed by atoms with van der Waals surface area (Å²) in [7, 11) is 2.05. The van der Waals surface area contributed by atoms with Gasteiger partial charge in [0.1, 0.15) is 13.4 Å². The zero-order valence-corrected chi connectivity index (χ0v) is 15.0. The molecular weight excluding hydrogens is 327 g/mol. The molecule has 0 radical (unpaired) electrons. The SMILES string of the molecule is Bc1ccccc1Cn1c(=O)[nH]c2cnc(NCC3CCNCC3)nc21. The van der Waals surface area contributed by atoms with Gasteiger partial charge in [0.05, 0.1) is 12.7 Å². The number of hydrogen-bond donors (Lipinski definition) is 3. The second-order valence-electron chi connectivity index (χ2n) is 6.95. The average Bonchev–Trinajstić information content (AvgIpc) is 2.97. The van der Waals surface area contributed by atoms with Gasteiger partial charge in [-0.25, -0.2) is 9.78 Å². The summed E-state index contributed by atoms with van der Waals surface area (Å²) in [5, 5.41) is 6.71. The number of benzene rings is 1. The molecule has 1 aliphatic rings. The molecule has 26 heavy (non-hydrogen) atoms. The number of aromatic nitrogens is 4. The molecule has 3 heterocycles. The molecule has 0 atom stereocenters. The van der Waals surface area contributed by atoms with Crippen molar-refractivity contribution in [1.29, 1.82) is 0 Å². The summed E-state index contributed by atoms with van der Waals surface area (Å²) in [6.45, 7) is 3.50. The van der Waals surface area contributed by atoms with Crippen LogP contribution in [-0.2, 0) is 6.54 Å². The Hall–Kier alpha value is -2.61. The summed E-state index contributed by atoms with van der Waals surface area (Å²) in [4.78, 5) is 24.2. The molecule has 1 saturated heterocycles. The van der Waals surface area contributed by atoms with Crippen LogP contribution in [0.4, 0.5) is 5.95 Å². The molecule has 8 heteroatoms. The topological polar surface area (TPSA) is 87.6 Å². The largest absolute Gasteiger partial charge is 0.354 e. The highest BCUT2D eigenvalue weighted by molar-refractivity contribution is 6.33. The van der Waals surface area contributed by atoms with Crippen LogP contribution in [0.5, 0.6) is 0 Å². The number of fused-ring (bicyclic) bond motifs is 1. The lowest BCUT2D eigenvalue weighted by Gasteiger charge is -2.22. The van der Waals surface area contributed by atoms with Gasteiger partial charge in [-0.3, -0.25) is 4.57 Å². The Balaban J connectivity index is 1.58. The molecule has 7 nitrogen and oxygen atoms in total. The number of imidazole rings is 1. The predicted octanol–water partition coefficient (Wildman–Crippen LogP) is -0.162. The van der Waals surface area contributed by atoms with Crippen LogP contribution in [0.1, 0.15) is 18.4 Å². The summed E-state index contributed by atoms with van der Waals surface area (Å²) in [6, 6.07) is 8.08. The van der Waals surface area contributed by atoms with Crippen molar-refractivity contribution < 1.29 is 0 Å². The minimum absolute atomic E-state index is 0.159. The highest BCUT2D eigenvalue weighted by Gasteiger charge is 2.14. The van der Waals surface area contributed by atoms with Crippen LogP contribution in [0.25, 0.3) is 11.2 Å². The van der Waals surface area contributed by atoms with Gasteiger partial charge in [-0.15, -0.1) is 0 Å². The molecule has 3 aromatic rings. The fourth-order valence-corrected chi connectivity index (χ4v) is 3.46. The first-order valence-electron chi connectivity index (χ1n) is 9.15. The van der Waals surface area contributed by atoms with Gasteiger partial charge >= 0.3 is 5.69 Å². The third-order valence-corrected chi connectivity index (χ3v) is 5.11. The van der Waals surface area contributed by atoms with Gasteiger partial charge in [-0.05, 0) is 37.4 Å². The summed E-state index contributed by atoms with van der Waals surface area (Å²) < 4.78 is 1.68. The molecule has 3 N–H and O–H groups in total. The summed E-state index contributed by atoms with van der Waals surface area (Å²) in [6.07, 6.45) is 4.01. The van der Waals surface area contributed by atoms with Crippen molar-refractivity contribution in [2.45, 2.75) is 19.4 Å². The minimum Gasteiger partial charge on any atom is -0.354 e. The van der Waals surface area contributed by atoms with Crippen molar-refractivity contribution in [3.8, 4) is 0 Å². The zero-order valence-electron chi connectivity index (χ0n) is 15.0. The quantitative estimate of drug-likeness (QED) is 0.557. The maximum absolute atomic E-state index is 12.4. The predicted molar refractivity (Wildman–Crippen MR) is 106 cm³/mol. The van der Waals surface area contributed by atoms with Crippen molar-refractivity contribution >= 4 is 30.4 Å². The number of piperidine rings is 1. The Labute approximate surface area is 152 Å².